The Morgan fingerprint density at radius 2 is 0.893 bits per heavy atom. The number of carbonyl (C=O) groups excluding carboxylic acids is 3. The second-order valence-electron chi connectivity index (χ2n) is 13.3. The van der Waals surface area contributed by atoms with Crippen LogP contribution in [0.25, 0.3) is 0 Å². The Bertz CT molecular complexity index is 1740. The van der Waals surface area contributed by atoms with E-state index in [9.17, 15) is 40.7 Å². The summed E-state index contributed by atoms with van der Waals surface area (Å²) in [6.45, 7) is 3.89. The van der Waals surface area contributed by atoms with Crippen molar-refractivity contribution in [3.63, 3.8) is 0 Å². The summed E-state index contributed by atoms with van der Waals surface area (Å²) in [4.78, 5) is 34.8. The summed E-state index contributed by atoms with van der Waals surface area (Å²) in [7, 11) is 0. The molecule has 15 heteroatoms. The number of hydrogen-bond acceptors (Lipinski definition) is 6. The van der Waals surface area contributed by atoms with Gasteiger partial charge in [-0.05, 0) is 90.3 Å². The van der Waals surface area contributed by atoms with Gasteiger partial charge in [-0.1, -0.05) is 80.6 Å². The molecule has 4 aromatic carbocycles. The Kier molecular flexibility index (Phi) is 20.4. The van der Waals surface area contributed by atoms with E-state index in [2.05, 4.69) is 24.5 Å². The zero-order valence-electron chi connectivity index (χ0n) is 31.3. The SMILES string of the molecule is CC(C)CCNC(=O)C(N)Cc1ccc(F)cc1.NC(Cc1ccc(F)cc1)C(=O)NCC(F)(F)F.NC(Cc1ccc(F)cc1)C(=O)NCc1ccccc1. The molecule has 0 saturated heterocycles. The number of nitrogens with two attached hydrogens (primary N) is 3. The van der Waals surface area contributed by atoms with Gasteiger partial charge in [0.2, 0.25) is 17.7 Å². The molecule has 4 rings (SSSR count). The van der Waals surface area contributed by atoms with Crippen molar-refractivity contribution in [2.24, 2.45) is 23.1 Å². The summed E-state index contributed by atoms with van der Waals surface area (Å²) in [6, 6.07) is 24.6. The molecule has 3 atom stereocenters. The third kappa shape index (κ3) is 20.4. The van der Waals surface area contributed by atoms with E-state index in [1.54, 1.807) is 29.6 Å². The van der Waals surface area contributed by atoms with Crippen molar-refractivity contribution in [2.75, 3.05) is 13.1 Å². The lowest BCUT2D eigenvalue weighted by Gasteiger charge is -2.13. The van der Waals surface area contributed by atoms with Gasteiger partial charge < -0.3 is 33.2 Å². The lowest BCUT2D eigenvalue weighted by molar-refractivity contribution is -0.139. The third-order valence-corrected chi connectivity index (χ3v) is 7.91. The quantitative estimate of drug-likeness (QED) is 0.0902. The fourth-order valence-electron chi connectivity index (χ4n) is 4.75. The first-order valence-electron chi connectivity index (χ1n) is 17.9. The average molecular weight is 789 g/mol. The smallest absolute Gasteiger partial charge is 0.355 e. The number of hydrogen-bond donors (Lipinski definition) is 6. The van der Waals surface area contributed by atoms with Gasteiger partial charge in [-0.2, -0.15) is 13.2 Å². The highest BCUT2D eigenvalue weighted by atomic mass is 19.4. The van der Waals surface area contributed by atoms with Gasteiger partial charge >= 0.3 is 6.18 Å². The van der Waals surface area contributed by atoms with Crippen LogP contribution in [0.2, 0.25) is 0 Å². The van der Waals surface area contributed by atoms with E-state index in [1.165, 1.54) is 48.5 Å². The Balaban J connectivity index is 0.000000291. The van der Waals surface area contributed by atoms with Gasteiger partial charge in [-0.15, -0.1) is 0 Å². The van der Waals surface area contributed by atoms with Gasteiger partial charge in [0.15, 0.2) is 0 Å². The maximum absolute atomic E-state index is 12.8. The second kappa shape index (κ2) is 24.3. The number of amides is 3. The molecule has 0 fully saturated rings. The fraction of sp³-hybridized carbons (Fsp3) is 0.341. The second-order valence-corrected chi connectivity index (χ2v) is 13.3. The molecule has 9 nitrogen and oxygen atoms in total. The Morgan fingerprint density at radius 3 is 1.25 bits per heavy atom. The molecule has 0 spiro atoms. The Hall–Kier alpha value is -5.25. The zero-order chi connectivity index (χ0) is 41.7. The van der Waals surface area contributed by atoms with E-state index in [1.807, 2.05) is 30.3 Å². The van der Waals surface area contributed by atoms with E-state index in [4.69, 9.17) is 17.2 Å². The minimum atomic E-state index is -4.47. The van der Waals surface area contributed by atoms with E-state index < -0.39 is 42.6 Å². The first-order valence-corrected chi connectivity index (χ1v) is 17.9. The molecule has 3 unspecified atom stereocenters. The third-order valence-electron chi connectivity index (χ3n) is 7.91. The van der Waals surface area contributed by atoms with Crippen molar-refractivity contribution < 1.29 is 40.7 Å². The van der Waals surface area contributed by atoms with Gasteiger partial charge in [0.1, 0.15) is 24.0 Å². The van der Waals surface area contributed by atoms with E-state index >= 15 is 0 Å². The number of alkyl halides is 3. The van der Waals surface area contributed by atoms with Crippen LogP contribution in [-0.4, -0.2) is 55.1 Å². The van der Waals surface area contributed by atoms with Crippen LogP contribution in [0.1, 0.15) is 42.5 Å². The molecule has 0 aliphatic carbocycles. The Morgan fingerprint density at radius 1 is 0.536 bits per heavy atom. The largest absolute Gasteiger partial charge is 0.405 e. The van der Waals surface area contributed by atoms with Crippen LogP contribution >= 0.6 is 0 Å². The standard InChI is InChI=1S/C16H17FN2O.C14H21FN2O.C11H12F4N2O/c17-14-8-6-12(7-9-14)10-15(18)16(20)19-11-13-4-2-1-3-5-13;1-10(2)7-8-17-14(18)13(16)9-11-3-5-12(15)6-4-11;12-8-3-1-7(2-4-8)5-9(16)10(18)17-6-11(13,14)15/h1-9,15H,10-11,18H2,(H,19,20);3-6,10,13H,7-9,16H2,1-2H3,(H,17,18);1-4,9H,5-6,16H2,(H,17,18). The molecule has 4 aromatic rings. The number of halogens is 6. The summed E-state index contributed by atoms with van der Waals surface area (Å²) in [5.41, 5.74) is 20.4. The van der Waals surface area contributed by atoms with Crippen LogP contribution in [0.15, 0.2) is 103 Å². The minimum absolute atomic E-state index is 0.0456. The summed E-state index contributed by atoms with van der Waals surface area (Å²) in [5, 5.41) is 7.29. The number of benzene rings is 4. The van der Waals surface area contributed by atoms with Crippen molar-refractivity contribution in [3.8, 4) is 0 Å². The van der Waals surface area contributed by atoms with Gasteiger partial charge in [0, 0.05) is 13.1 Å². The van der Waals surface area contributed by atoms with E-state index in [-0.39, 0.29) is 29.9 Å². The maximum Gasteiger partial charge on any atom is 0.405 e. The van der Waals surface area contributed by atoms with Crippen LogP contribution in [0, 0.1) is 23.4 Å². The zero-order valence-corrected chi connectivity index (χ0v) is 31.3. The molecule has 304 valence electrons. The summed E-state index contributed by atoms with van der Waals surface area (Å²) in [6.07, 6.45) is -2.67. The monoisotopic (exact) mass is 788 g/mol. The van der Waals surface area contributed by atoms with Crippen LogP contribution in [-0.2, 0) is 40.2 Å². The van der Waals surface area contributed by atoms with Crippen molar-refractivity contribution in [2.45, 2.75) is 70.4 Å². The molecular formula is C41H50F6N6O3. The average Bonchev–Trinajstić information content (AvgIpc) is 3.16. The molecule has 0 aliphatic heterocycles. The molecule has 0 aromatic heterocycles. The predicted octanol–water partition coefficient (Wildman–Crippen LogP) is 5.24. The van der Waals surface area contributed by atoms with Crippen LogP contribution in [0.3, 0.4) is 0 Å². The van der Waals surface area contributed by atoms with Crippen LogP contribution < -0.4 is 33.2 Å². The normalized spacial score (nSPS) is 12.5. The van der Waals surface area contributed by atoms with E-state index in [0.717, 1.165) is 23.1 Å². The molecule has 56 heavy (non-hydrogen) atoms. The highest BCUT2D eigenvalue weighted by molar-refractivity contribution is 5.82. The van der Waals surface area contributed by atoms with Crippen molar-refractivity contribution >= 4 is 17.7 Å². The number of rotatable bonds is 15. The highest BCUT2D eigenvalue weighted by Gasteiger charge is 2.28. The molecule has 0 radical (unpaired) electrons. The van der Waals surface area contributed by atoms with Gasteiger partial charge in [0.05, 0.1) is 18.1 Å². The van der Waals surface area contributed by atoms with E-state index in [0.29, 0.717) is 37.4 Å². The predicted molar refractivity (Wildman–Crippen MR) is 204 cm³/mol. The number of nitrogens with one attached hydrogen (secondary N) is 3. The highest BCUT2D eigenvalue weighted by Crippen LogP contribution is 2.13. The van der Waals surface area contributed by atoms with Gasteiger partial charge in [-0.3, -0.25) is 14.4 Å². The molecule has 0 heterocycles. The molecule has 3 amide bonds. The summed E-state index contributed by atoms with van der Waals surface area (Å²) >= 11 is 0. The number of carbonyl (C=O) groups is 3. The lowest BCUT2D eigenvalue weighted by Crippen LogP contribution is -2.45. The molecular weight excluding hydrogens is 738 g/mol. The van der Waals surface area contributed by atoms with Gasteiger partial charge in [0.25, 0.3) is 0 Å². The first kappa shape index (κ1) is 46.9. The Labute approximate surface area is 323 Å². The fourth-order valence-corrected chi connectivity index (χ4v) is 4.75. The van der Waals surface area contributed by atoms with Crippen LogP contribution in [0.5, 0.6) is 0 Å². The lowest BCUT2D eigenvalue weighted by atomic mass is 10.1. The molecule has 0 aliphatic rings. The first-order chi connectivity index (χ1) is 26.4. The molecule has 0 bridgehead atoms. The molecule has 9 N–H and O–H groups in total. The minimum Gasteiger partial charge on any atom is -0.355 e. The van der Waals surface area contributed by atoms with Crippen molar-refractivity contribution in [3.05, 3.63) is 143 Å². The topological polar surface area (TPSA) is 165 Å². The maximum atomic E-state index is 12.8. The summed E-state index contributed by atoms with van der Waals surface area (Å²) in [5.74, 6) is -1.72. The molecule has 0 saturated carbocycles. The van der Waals surface area contributed by atoms with Crippen LogP contribution in [0.4, 0.5) is 26.3 Å². The summed E-state index contributed by atoms with van der Waals surface area (Å²) < 4.78 is 73.7. The van der Waals surface area contributed by atoms with Crippen molar-refractivity contribution in [1.29, 1.82) is 0 Å². The van der Waals surface area contributed by atoms with Crippen molar-refractivity contribution in [1.82, 2.24) is 16.0 Å². The van der Waals surface area contributed by atoms with Gasteiger partial charge in [-0.25, -0.2) is 13.2 Å².